The Balaban J connectivity index is 1.55. The van der Waals surface area contributed by atoms with Gasteiger partial charge in [0.15, 0.2) is 0 Å². The maximum Gasteiger partial charge on any atom is 0.258 e. The van der Waals surface area contributed by atoms with Crippen LogP contribution in [0.15, 0.2) is 54.6 Å². The number of carbonyl (C=O) groups is 2. The summed E-state index contributed by atoms with van der Waals surface area (Å²) in [5.74, 6) is 0.922. The number of rotatable bonds is 10. The van der Waals surface area contributed by atoms with E-state index in [-0.39, 0.29) is 11.8 Å². The molecule has 0 unspecified atom stereocenters. The molecule has 1 heterocycles. The van der Waals surface area contributed by atoms with Crippen LogP contribution in [0.2, 0.25) is 0 Å². The van der Waals surface area contributed by atoms with Crippen LogP contribution >= 0.6 is 0 Å². The maximum absolute atomic E-state index is 13.6. The molecule has 0 aliphatic carbocycles. The minimum absolute atomic E-state index is 0.0230. The van der Waals surface area contributed by atoms with Gasteiger partial charge in [-0.1, -0.05) is 30.3 Å². The van der Waals surface area contributed by atoms with Gasteiger partial charge >= 0.3 is 0 Å². The second kappa shape index (κ2) is 12.3. The van der Waals surface area contributed by atoms with Crippen LogP contribution < -0.4 is 15.0 Å². The number of amides is 2. The number of ether oxygens (including phenoxy) is 1. The predicted octanol–water partition coefficient (Wildman–Crippen LogP) is 5.39. The zero-order valence-electron chi connectivity index (χ0n) is 23.3. The Morgan fingerprint density at radius 2 is 1.82 bits per heavy atom. The van der Waals surface area contributed by atoms with Gasteiger partial charge in [-0.3, -0.25) is 9.59 Å². The highest BCUT2D eigenvalue weighted by atomic mass is 16.5. The van der Waals surface area contributed by atoms with Gasteiger partial charge in [0.05, 0.1) is 6.61 Å². The Hall–Kier alpha value is -3.64. The summed E-state index contributed by atoms with van der Waals surface area (Å²) in [5, 5.41) is 2.88. The molecule has 3 aromatic rings. The zero-order valence-corrected chi connectivity index (χ0v) is 23.3. The molecule has 6 heteroatoms. The average Bonchev–Trinajstić information content (AvgIpc) is 3.30. The van der Waals surface area contributed by atoms with Gasteiger partial charge in [0.1, 0.15) is 5.75 Å². The molecule has 4 rings (SSSR count). The molecule has 1 aliphatic rings. The van der Waals surface area contributed by atoms with Crippen molar-refractivity contribution in [3.63, 3.8) is 0 Å². The van der Waals surface area contributed by atoms with E-state index in [1.807, 2.05) is 48.2 Å². The van der Waals surface area contributed by atoms with Gasteiger partial charge in [-0.25, -0.2) is 0 Å². The SMILES string of the molecule is CCOc1cc2c(cc1CCCN(C)C)N(C(=O)c1ccc(-c3cccc(CNC(C)=O)c3C)cc1)CC2. The van der Waals surface area contributed by atoms with E-state index < -0.39 is 0 Å². The van der Waals surface area contributed by atoms with E-state index in [1.165, 1.54) is 12.5 Å². The fourth-order valence-electron chi connectivity index (χ4n) is 5.10. The molecule has 1 N–H and O–H groups in total. The van der Waals surface area contributed by atoms with E-state index in [0.717, 1.165) is 65.1 Å². The first-order valence-corrected chi connectivity index (χ1v) is 13.5. The summed E-state index contributed by atoms with van der Waals surface area (Å²) < 4.78 is 5.96. The van der Waals surface area contributed by atoms with Crippen LogP contribution in [0.25, 0.3) is 11.1 Å². The van der Waals surface area contributed by atoms with Gasteiger partial charge in [0.2, 0.25) is 5.91 Å². The normalized spacial score (nSPS) is 12.5. The first kappa shape index (κ1) is 27.4. The van der Waals surface area contributed by atoms with Crippen molar-refractivity contribution in [3.8, 4) is 16.9 Å². The number of benzene rings is 3. The zero-order chi connectivity index (χ0) is 27.2. The molecule has 0 radical (unpaired) electrons. The van der Waals surface area contributed by atoms with Crippen LogP contribution in [-0.4, -0.2) is 50.5 Å². The van der Waals surface area contributed by atoms with Crippen LogP contribution in [0.5, 0.6) is 5.75 Å². The molecule has 0 saturated heterocycles. The second-order valence-electron chi connectivity index (χ2n) is 10.2. The third kappa shape index (κ3) is 6.25. The lowest BCUT2D eigenvalue weighted by molar-refractivity contribution is -0.119. The van der Waals surface area contributed by atoms with Gasteiger partial charge in [-0.2, -0.15) is 0 Å². The average molecular weight is 514 g/mol. The summed E-state index contributed by atoms with van der Waals surface area (Å²) in [7, 11) is 4.17. The highest BCUT2D eigenvalue weighted by molar-refractivity contribution is 6.07. The number of anilines is 1. The minimum atomic E-state index is -0.0454. The van der Waals surface area contributed by atoms with E-state index in [9.17, 15) is 9.59 Å². The molecule has 38 heavy (non-hydrogen) atoms. The number of nitrogens with one attached hydrogen (secondary N) is 1. The van der Waals surface area contributed by atoms with Crippen LogP contribution in [0.1, 0.15) is 52.9 Å². The van der Waals surface area contributed by atoms with Crippen molar-refractivity contribution in [1.82, 2.24) is 10.2 Å². The topological polar surface area (TPSA) is 61.9 Å². The van der Waals surface area contributed by atoms with E-state index >= 15 is 0 Å². The Morgan fingerprint density at radius 3 is 2.50 bits per heavy atom. The number of hydrogen-bond donors (Lipinski definition) is 1. The quantitative estimate of drug-likeness (QED) is 0.395. The number of aryl methyl sites for hydroxylation is 1. The van der Waals surface area contributed by atoms with Gasteiger partial charge in [-0.05, 0) is 111 Å². The molecule has 3 aromatic carbocycles. The first-order chi connectivity index (χ1) is 18.3. The molecule has 0 fully saturated rings. The molecule has 0 saturated carbocycles. The van der Waals surface area contributed by atoms with Crippen molar-refractivity contribution in [3.05, 3.63) is 82.4 Å². The summed E-state index contributed by atoms with van der Waals surface area (Å²) in [5.41, 5.74) is 8.37. The molecule has 2 amide bonds. The minimum Gasteiger partial charge on any atom is -0.494 e. The lowest BCUT2D eigenvalue weighted by Gasteiger charge is -2.20. The van der Waals surface area contributed by atoms with E-state index in [2.05, 4.69) is 49.4 Å². The van der Waals surface area contributed by atoms with Gasteiger partial charge in [-0.15, -0.1) is 0 Å². The Morgan fingerprint density at radius 1 is 1.05 bits per heavy atom. The van der Waals surface area contributed by atoms with Crippen LogP contribution in [0.3, 0.4) is 0 Å². The Bertz CT molecular complexity index is 1300. The Labute approximate surface area is 226 Å². The highest BCUT2D eigenvalue weighted by Gasteiger charge is 2.27. The van der Waals surface area contributed by atoms with E-state index in [4.69, 9.17) is 4.74 Å². The highest BCUT2D eigenvalue weighted by Crippen LogP contribution is 2.36. The van der Waals surface area contributed by atoms with E-state index in [1.54, 1.807) is 0 Å². The van der Waals surface area contributed by atoms with Crippen molar-refractivity contribution >= 4 is 17.5 Å². The maximum atomic E-state index is 13.6. The lowest BCUT2D eigenvalue weighted by Crippen LogP contribution is -2.28. The second-order valence-corrected chi connectivity index (χ2v) is 10.2. The van der Waals surface area contributed by atoms with Crippen molar-refractivity contribution in [2.24, 2.45) is 0 Å². The molecule has 6 nitrogen and oxygen atoms in total. The molecule has 0 bridgehead atoms. The molecular weight excluding hydrogens is 474 g/mol. The summed E-state index contributed by atoms with van der Waals surface area (Å²) >= 11 is 0. The van der Waals surface area contributed by atoms with Crippen molar-refractivity contribution in [2.45, 2.75) is 46.6 Å². The molecule has 0 aromatic heterocycles. The van der Waals surface area contributed by atoms with Gasteiger partial charge in [0, 0.05) is 31.3 Å². The van der Waals surface area contributed by atoms with Crippen LogP contribution in [0, 0.1) is 6.92 Å². The molecule has 0 spiro atoms. The summed E-state index contributed by atoms with van der Waals surface area (Å²) in [6.07, 6.45) is 2.78. The fourth-order valence-corrected chi connectivity index (χ4v) is 5.10. The molecule has 1 aliphatic heterocycles. The molecule has 0 atom stereocenters. The number of hydrogen-bond acceptors (Lipinski definition) is 4. The largest absolute Gasteiger partial charge is 0.494 e. The Kier molecular flexibility index (Phi) is 8.85. The van der Waals surface area contributed by atoms with Crippen molar-refractivity contribution in [2.75, 3.05) is 38.7 Å². The van der Waals surface area contributed by atoms with Crippen molar-refractivity contribution < 1.29 is 14.3 Å². The predicted molar refractivity (Wildman–Crippen MR) is 154 cm³/mol. The summed E-state index contributed by atoms with van der Waals surface area (Å²) in [6.45, 7) is 8.42. The van der Waals surface area contributed by atoms with Crippen molar-refractivity contribution in [1.29, 1.82) is 0 Å². The number of carbonyl (C=O) groups excluding carboxylic acids is 2. The van der Waals surface area contributed by atoms with Crippen LogP contribution in [0.4, 0.5) is 5.69 Å². The standard InChI is InChI=1S/C32H39N3O3/c1-6-38-31-20-26-16-18-35(30(26)19-27(31)10-8-17-34(4)5)32(37)25-14-12-24(13-15-25)29-11-7-9-28(22(29)2)21-33-23(3)36/h7,9,11-15,19-20H,6,8,10,16-18,21H2,1-5H3,(H,33,36). The summed E-state index contributed by atoms with van der Waals surface area (Å²) in [6, 6.07) is 18.3. The number of fused-ring (bicyclic) bond motifs is 1. The lowest BCUT2D eigenvalue weighted by atomic mass is 9.95. The molecular formula is C32H39N3O3. The smallest absolute Gasteiger partial charge is 0.258 e. The number of nitrogens with zero attached hydrogens (tertiary/aromatic N) is 2. The third-order valence-corrected chi connectivity index (χ3v) is 7.17. The molecule has 200 valence electrons. The van der Waals surface area contributed by atoms with Crippen LogP contribution in [-0.2, 0) is 24.2 Å². The van der Waals surface area contributed by atoms with Gasteiger partial charge in [0.25, 0.3) is 5.91 Å². The first-order valence-electron chi connectivity index (χ1n) is 13.5. The summed E-state index contributed by atoms with van der Waals surface area (Å²) in [4.78, 5) is 29.1. The fraction of sp³-hybridized carbons (Fsp3) is 0.375. The monoisotopic (exact) mass is 513 g/mol. The third-order valence-electron chi connectivity index (χ3n) is 7.17. The van der Waals surface area contributed by atoms with E-state index in [0.29, 0.717) is 25.3 Å². The van der Waals surface area contributed by atoms with Gasteiger partial charge < -0.3 is 19.9 Å².